The SMILES string of the molecule is CCOc1cc(C(=O)Nc2c([N+](=O)[O-])ccc(C)c2C)cc(OCC)c1OCC. The van der Waals surface area contributed by atoms with Gasteiger partial charge in [-0.25, -0.2) is 0 Å². The fourth-order valence-electron chi connectivity index (χ4n) is 2.82. The first-order chi connectivity index (χ1) is 13.8. The van der Waals surface area contributed by atoms with Crippen LogP contribution < -0.4 is 19.5 Å². The molecule has 2 aromatic rings. The van der Waals surface area contributed by atoms with Gasteiger partial charge in [-0.2, -0.15) is 0 Å². The molecule has 2 rings (SSSR count). The minimum absolute atomic E-state index is 0.164. The number of benzene rings is 2. The average Bonchev–Trinajstić information content (AvgIpc) is 2.67. The molecule has 0 saturated heterocycles. The average molecular weight is 402 g/mol. The van der Waals surface area contributed by atoms with Crippen molar-refractivity contribution in [2.24, 2.45) is 0 Å². The van der Waals surface area contributed by atoms with Crippen molar-refractivity contribution in [2.75, 3.05) is 25.1 Å². The van der Waals surface area contributed by atoms with Crippen LogP contribution in [0.5, 0.6) is 17.2 Å². The smallest absolute Gasteiger partial charge is 0.293 e. The number of aryl methyl sites for hydroxylation is 1. The maximum absolute atomic E-state index is 12.9. The summed E-state index contributed by atoms with van der Waals surface area (Å²) in [6.07, 6.45) is 0. The molecule has 8 heteroatoms. The van der Waals surface area contributed by atoms with Crippen LogP contribution in [-0.4, -0.2) is 30.7 Å². The molecule has 0 heterocycles. The minimum atomic E-state index is -0.516. The molecule has 0 aliphatic rings. The molecule has 0 unspecified atom stereocenters. The van der Waals surface area contributed by atoms with E-state index in [1.165, 1.54) is 6.07 Å². The van der Waals surface area contributed by atoms with Gasteiger partial charge in [0.2, 0.25) is 5.75 Å². The summed E-state index contributed by atoms with van der Waals surface area (Å²) >= 11 is 0. The van der Waals surface area contributed by atoms with E-state index in [9.17, 15) is 14.9 Å². The predicted octanol–water partition coefficient (Wildman–Crippen LogP) is 4.66. The third kappa shape index (κ3) is 4.96. The quantitative estimate of drug-likeness (QED) is 0.484. The number of hydrogen-bond donors (Lipinski definition) is 1. The van der Waals surface area contributed by atoms with Gasteiger partial charge in [-0.1, -0.05) is 6.07 Å². The lowest BCUT2D eigenvalue weighted by atomic mass is 10.1. The fourth-order valence-corrected chi connectivity index (χ4v) is 2.82. The van der Waals surface area contributed by atoms with Crippen molar-refractivity contribution in [1.82, 2.24) is 0 Å². The summed E-state index contributed by atoms with van der Waals surface area (Å²) in [6, 6.07) is 6.13. The zero-order valence-corrected chi connectivity index (χ0v) is 17.3. The lowest BCUT2D eigenvalue weighted by molar-refractivity contribution is -0.384. The number of hydrogen-bond acceptors (Lipinski definition) is 6. The van der Waals surface area contributed by atoms with Crippen molar-refractivity contribution in [1.29, 1.82) is 0 Å². The zero-order chi connectivity index (χ0) is 21.6. The number of carbonyl (C=O) groups is 1. The van der Waals surface area contributed by atoms with E-state index in [1.807, 2.05) is 27.7 Å². The number of nitrogens with zero attached hydrogens (tertiary/aromatic N) is 1. The molecule has 0 radical (unpaired) electrons. The van der Waals surface area contributed by atoms with Gasteiger partial charge in [0, 0.05) is 11.6 Å². The summed E-state index contributed by atoms with van der Waals surface area (Å²) in [5.41, 5.74) is 1.72. The first kappa shape index (κ1) is 22.0. The molecular formula is C21H26N2O6. The standard InChI is InChI=1S/C21H26N2O6/c1-6-27-17-11-15(12-18(28-7-2)20(17)29-8-3)21(24)22-19-14(5)13(4)9-10-16(19)23(25)26/h9-12H,6-8H2,1-5H3,(H,22,24). The van der Waals surface area contributed by atoms with Gasteiger partial charge in [0.05, 0.1) is 24.7 Å². The molecule has 0 aromatic heterocycles. The number of amides is 1. The van der Waals surface area contributed by atoms with Gasteiger partial charge in [-0.05, 0) is 57.9 Å². The van der Waals surface area contributed by atoms with E-state index in [0.717, 1.165) is 5.56 Å². The highest BCUT2D eigenvalue weighted by molar-refractivity contribution is 6.06. The normalized spacial score (nSPS) is 10.4. The van der Waals surface area contributed by atoms with Crippen molar-refractivity contribution in [3.63, 3.8) is 0 Å². The summed E-state index contributed by atoms with van der Waals surface area (Å²) in [5, 5.41) is 14.1. The molecule has 0 saturated carbocycles. The van der Waals surface area contributed by atoms with Crippen molar-refractivity contribution in [3.8, 4) is 17.2 Å². The molecule has 0 aliphatic heterocycles. The fraction of sp³-hybridized carbons (Fsp3) is 0.381. The van der Waals surface area contributed by atoms with E-state index in [1.54, 1.807) is 25.1 Å². The summed E-state index contributed by atoms with van der Waals surface area (Å²) in [5.74, 6) is 0.666. The van der Waals surface area contributed by atoms with E-state index in [0.29, 0.717) is 42.6 Å². The zero-order valence-electron chi connectivity index (χ0n) is 17.3. The number of nitro benzene ring substituents is 1. The van der Waals surface area contributed by atoms with Gasteiger partial charge in [0.25, 0.3) is 11.6 Å². The van der Waals surface area contributed by atoms with Crippen LogP contribution in [0.25, 0.3) is 0 Å². The van der Waals surface area contributed by atoms with E-state index in [2.05, 4.69) is 5.32 Å². The van der Waals surface area contributed by atoms with Crippen LogP contribution in [0.4, 0.5) is 11.4 Å². The van der Waals surface area contributed by atoms with E-state index < -0.39 is 10.8 Å². The molecule has 0 bridgehead atoms. The Balaban J connectivity index is 2.51. The van der Waals surface area contributed by atoms with Crippen LogP contribution in [0.1, 0.15) is 42.3 Å². The molecule has 8 nitrogen and oxygen atoms in total. The predicted molar refractivity (Wildman–Crippen MR) is 110 cm³/mol. The maximum Gasteiger partial charge on any atom is 0.293 e. The molecule has 1 amide bonds. The first-order valence-corrected chi connectivity index (χ1v) is 9.46. The molecule has 0 fully saturated rings. The van der Waals surface area contributed by atoms with E-state index in [4.69, 9.17) is 14.2 Å². The van der Waals surface area contributed by atoms with E-state index in [-0.39, 0.29) is 16.9 Å². The van der Waals surface area contributed by atoms with Gasteiger partial charge in [-0.15, -0.1) is 0 Å². The van der Waals surface area contributed by atoms with Crippen molar-refractivity contribution < 1.29 is 23.9 Å². The van der Waals surface area contributed by atoms with Crippen LogP contribution in [0.15, 0.2) is 24.3 Å². The highest BCUT2D eigenvalue weighted by atomic mass is 16.6. The third-order valence-corrected chi connectivity index (χ3v) is 4.32. The van der Waals surface area contributed by atoms with Gasteiger partial charge < -0.3 is 19.5 Å². The van der Waals surface area contributed by atoms with Crippen molar-refractivity contribution >= 4 is 17.3 Å². The van der Waals surface area contributed by atoms with Crippen molar-refractivity contribution in [2.45, 2.75) is 34.6 Å². The Bertz CT molecular complexity index is 883. The number of rotatable bonds is 9. The van der Waals surface area contributed by atoms with Crippen LogP contribution in [0, 0.1) is 24.0 Å². The van der Waals surface area contributed by atoms with Gasteiger partial charge >= 0.3 is 0 Å². The molecule has 2 aromatic carbocycles. The summed E-state index contributed by atoms with van der Waals surface area (Å²) < 4.78 is 16.9. The van der Waals surface area contributed by atoms with Crippen LogP contribution in [0.2, 0.25) is 0 Å². The Kier molecular flexibility index (Phi) is 7.41. The largest absolute Gasteiger partial charge is 0.490 e. The molecule has 0 spiro atoms. The topological polar surface area (TPSA) is 99.9 Å². The highest BCUT2D eigenvalue weighted by Crippen LogP contribution is 2.39. The molecule has 156 valence electrons. The second-order valence-corrected chi connectivity index (χ2v) is 6.21. The lowest BCUT2D eigenvalue weighted by Gasteiger charge is -2.17. The number of nitro groups is 1. The number of carbonyl (C=O) groups excluding carboxylic acids is 1. The molecule has 1 N–H and O–H groups in total. The van der Waals surface area contributed by atoms with Crippen LogP contribution in [0.3, 0.4) is 0 Å². The van der Waals surface area contributed by atoms with E-state index >= 15 is 0 Å². The number of anilines is 1. The summed E-state index contributed by atoms with van der Waals surface area (Å²) in [6.45, 7) is 10.2. The third-order valence-electron chi connectivity index (χ3n) is 4.32. The first-order valence-electron chi connectivity index (χ1n) is 9.46. The number of nitrogens with one attached hydrogen (secondary N) is 1. The summed E-state index contributed by atoms with van der Waals surface area (Å²) in [4.78, 5) is 23.8. The molecular weight excluding hydrogens is 376 g/mol. The Labute approximate surface area is 169 Å². The van der Waals surface area contributed by atoms with Gasteiger partial charge in [0.1, 0.15) is 5.69 Å². The Morgan fingerprint density at radius 3 is 2.03 bits per heavy atom. The monoisotopic (exact) mass is 402 g/mol. The molecule has 0 atom stereocenters. The lowest BCUT2D eigenvalue weighted by Crippen LogP contribution is -2.15. The molecule has 29 heavy (non-hydrogen) atoms. The Morgan fingerprint density at radius 1 is 1.00 bits per heavy atom. The second kappa shape index (κ2) is 9.77. The minimum Gasteiger partial charge on any atom is -0.490 e. The number of ether oxygens (including phenoxy) is 3. The molecule has 0 aliphatic carbocycles. The second-order valence-electron chi connectivity index (χ2n) is 6.21. The van der Waals surface area contributed by atoms with Crippen LogP contribution in [-0.2, 0) is 0 Å². The Morgan fingerprint density at radius 2 is 1.55 bits per heavy atom. The summed E-state index contributed by atoms with van der Waals surface area (Å²) in [7, 11) is 0. The highest BCUT2D eigenvalue weighted by Gasteiger charge is 2.23. The maximum atomic E-state index is 12.9. The Hall–Kier alpha value is -3.29. The van der Waals surface area contributed by atoms with Crippen molar-refractivity contribution in [3.05, 3.63) is 51.1 Å². The van der Waals surface area contributed by atoms with Gasteiger partial charge in [0.15, 0.2) is 11.5 Å². The van der Waals surface area contributed by atoms with Gasteiger partial charge in [-0.3, -0.25) is 14.9 Å². The van der Waals surface area contributed by atoms with Crippen LogP contribution >= 0.6 is 0 Å².